The summed E-state index contributed by atoms with van der Waals surface area (Å²) in [4.78, 5) is 29.4. The zero-order valence-corrected chi connectivity index (χ0v) is 12.1. The lowest BCUT2D eigenvalue weighted by Crippen LogP contribution is -2.40. The Labute approximate surface area is 117 Å². The van der Waals surface area contributed by atoms with Crippen molar-refractivity contribution in [3.8, 4) is 0 Å². The summed E-state index contributed by atoms with van der Waals surface area (Å²) in [7, 11) is 0. The van der Waals surface area contributed by atoms with Crippen LogP contribution < -0.4 is 5.32 Å². The van der Waals surface area contributed by atoms with Gasteiger partial charge in [-0.2, -0.15) is 0 Å². The zero-order chi connectivity index (χ0) is 13.8. The third-order valence-electron chi connectivity index (χ3n) is 3.23. The van der Waals surface area contributed by atoms with E-state index in [0.717, 1.165) is 11.4 Å². The van der Waals surface area contributed by atoms with Gasteiger partial charge in [-0.3, -0.25) is 14.5 Å². The van der Waals surface area contributed by atoms with Crippen LogP contribution in [0.15, 0.2) is 11.6 Å². The molecule has 2 amide bonds. The number of carbonyl (C=O) groups excluding carboxylic acids is 2. The molecule has 104 valence electrons. The summed E-state index contributed by atoms with van der Waals surface area (Å²) < 4.78 is 0. The van der Waals surface area contributed by atoms with Crippen LogP contribution in [0.4, 0.5) is 0 Å². The lowest BCUT2D eigenvalue weighted by atomic mass is 10.1. The number of imide groups is 1. The largest absolute Gasteiger partial charge is 0.305 e. The molecule has 5 nitrogen and oxygen atoms in total. The van der Waals surface area contributed by atoms with Crippen LogP contribution in [0.2, 0.25) is 0 Å². The van der Waals surface area contributed by atoms with Gasteiger partial charge in [0.1, 0.15) is 0 Å². The van der Waals surface area contributed by atoms with Gasteiger partial charge in [0.2, 0.25) is 11.8 Å². The van der Waals surface area contributed by atoms with Gasteiger partial charge in [0.05, 0.1) is 17.5 Å². The fraction of sp³-hybridized carbons (Fsp3) is 0.615. The zero-order valence-electron chi connectivity index (χ0n) is 11.3. The quantitative estimate of drug-likeness (QED) is 0.800. The molecule has 1 aliphatic heterocycles. The summed E-state index contributed by atoms with van der Waals surface area (Å²) in [6, 6.07) is -0.360. The molecule has 0 bridgehead atoms. The van der Waals surface area contributed by atoms with E-state index in [0.29, 0.717) is 13.1 Å². The average molecular weight is 281 g/mol. The van der Waals surface area contributed by atoms with Crippen molar-refractivity contribution in [2.75, 3.05) is 13.1 Å². The van der Waals surface area contributed by atoms with E-state index >= 15 is 0 Å². The van der Waals surface area contributed by atoms with Crippen LogP contribution in [0, 0.1) is 0 Å². The minimum atomic E-state index is -0.360. The van der Waals surface area contributed by atoms with Gasteiger partial charge in [0.25, 0.3) is 0 Å². The molecular weight excluding hydrogens is 262 g/mol. The van der Waals surface area contributed by atoms with Crippen LogP contribution in [-0.2, 0) is 9.59 Å². The molecule has 0 spiro atoms. The number of carbonyl (C=O) groups is 2. The number of hydrogen-bond acceptors (Lipinski definition) is 5. The van der Waals surface area contributed by atoms with Crippen molar-refractivity contribution in [2.45, 2.75) is 38.6 Å². The first-order valence-corrected chi connectivity index (χ1v) is 7.48. The molecule has 2 atom stereocenters. The van der Waals surface area contributed by atoms with Crippen LogP contribution in [0.1, 0.15) is 37.6 Å². The SMILES string of the molecule is CCCN1C(=O)CC(NCC(C)c2nccs2)C1=O. The third-order valence-corrected chi connectivity index (χ3v) is 4.24. The Morgan fingerprint density at radius 3 is 3.00 bits per heavy atom. The maximum atomic E-state index is 12.0. The van der Waals surface area contributed by atoms with Crippen molar-refractivity contribution in [1.29, 1.82) is 0 Å². The summed E-state index contributed by atoms with van der Waals surface area (Å²) in [6.45, 7) is 5.22. The highest BCUT2D eigenvalue weighted by atomic mass is 32.1. The van der Waals surface area contributed by atoms with Crippen molar-refractivity contribution in [3.63, 3.8) is 0 Å². The second-order valence-corrected chi connectivity index (χ2v) is 5.75. The second-order valence-electron chi connectivity index (χ2n) is 4.82. The van der Waals surface area contributed by atoms with Gasteiger partial charge >= 0.3 is 0 Å². The third kappa shape index (κ3) is 3.19. The van der Waals surface area contributed by atoms with Crippen LogP contribution >= 0.6 is 11.3 Å². The number of amides is 2. The number of hydrogen-bond donors (Lipinski definition) is 1. The molecule has 1 fully saturated rings. The normalized spacial score (nSPS) is 21.2. The first kappa shape index (κ1) is 14.1. The molecule has 1 aromatic rings. The molecule has 2 unspecified atom stereocenters. The van der Waals surface area contributed by atoms with E-state index in [4.69, 9.17) is 0 Å². The van der Waals surface area contributed by atoms with E-state index in [2.05, 4.69) is 17.2 Å². The first-order valence-electron chi connectivity index (χ1n) is 6.60. The Morgan fingerprint density at radius 1 is 1.58 bits per heavy atom. The summed E-state index contributed by atoms with van der Waals surface area (Å²) in [5, 5.41) is 6.19. The van der Waals surface area contributed by atoms with E-state index in [1.165, 1.54) is 4.90 Å². The van der Waals surface area contributed by atoms with Crippen LogP contribution in [0.3, 0.4) is 0 Å². The van der Waals surface area contributed by atoms with Crippen LogP contribution in [0.25, 0.3) is 0 Å². The Hall–Kier alpha value is -1.27. The molecule has 2 heterocycles. The van der Waals surface area contributed by atoms with Gasteiger partial charge in [-0.25, -0.2) is 4.98 Å². The summed E-state index contributed by atoms with van der Waals surface area (Å²) in [5.74, 6) is 0.104. The fourth-order valence-corrected chi connectivity index (χ4v) is 2.88. The van der Waals surface area contributed by atoms with Crippen molar-refractivity contribution in [3.05, 3.63) is 16.6 Å². The molecule has 1 aliphatic rings. The summed E-state index contributed by atoms with van der Waals surface area (Å²) >= 11 is 1.61. The van der Waals surface area contributed by atoms with Crippen molar-refractivity contribution >= 4 is 23.2 Å². The maximum absolute atomic E-state index is 12.0. The molecule has 0 aromatic carbocycles. The fourth-order valence-electron chi connectivity index (χ4n) is 2.19. The molecule has 19 heavy (non-hydrogen) atoms. The maximum Gasteiger partial charge on any atom is 0.246 e. The second kappa shape index (κ2) is 6.25. The highest BCUT2D eigenvalue weighted by Crippen LogP contribution is 2.18. The van der Waals surface area contributed by atoms with Crippen LogP contribution in [-0.4, -0.2) is 40.8 Å². The Kier molecular flexibility index (Phi) is 4.66. The Balaban J connectivity index is 1.87. The van der Waals surface area contributed by atoms with Crippen LogP contribution in [0.5, 0.6) is 0 Å². The minimum Gasteiger partial charge on any atom is -0.305 e. The first-order chi connectivity index (χ1) is 9.13. The predicted octanol–water partition coefficient (Wildman–Crippen LogP) is 1.37. The van der Waals surface area contributed by atoms with Gasteiger partial charge in [-0.05, 0) is 6.42 Å². The van der Waals surface area contributed by atoms with Crippen molar-refractivity contribution < 1.29 is 9.59 Å². The highest BCUT2D eigenvalue weighted by molar-refractivity contribution is 7.09. The number of rotatable bonds is 6. The average Bonchev–Trinajstić information content (AvgIpc) is 3.00. The monoisotopic (exact) mass is 281 g/mol. The topological polar surface area (TPSA) is 62.3 Å². The van der Waals surface area contributed by atoms with E-state index in [1.54, 1.807) is 17.5 Å². The van der Waals surface area contributed by atoms with Gasteiger partial charge in [-0.1, -0.05) is 13.8 Å². The standard InChI is InChI=1S/C13H19N3O2S/c1-3-5-16-11(17)7-10(13(16)18)15-8-9(2)12-14-4-6-19-12/h4,6,9-10,15H,3,5,7-8H2,1-2H3. The number of thiazole rings is 1. The Morgan fingerprint density at radius 2 is 2.37 bits per heavy atom. The van der Waals surface area contributed by atoms with Gasteiger partial charge in [0, 0.05) is 30.6 Å². The number of nitrogens with zero attached hydrogens (tertiary/aromatic N) is 2. The minimum absolute atomic E-state index is 0.0637. The van der Waals surface area contributed by atoms with Crippen molar-refractivity contribution in [1.82, 2.24) is 15.2 Å². The lowest BCUT2D eigenvalue weighted by molar-refractivity contribution is -0.138. The smallest absolute Gasteiger partial charge is 0.246 e. The Bertz CT molecular complexity index is 447. The van der Waals surface area contributed by atoms with Crippen molar-refractivity contribution in [2.24, 2.45) is 0 Å². The molecule has 1 aromatic heterocycles. The molecule has 0 radical (unpaired) electrons. The summed E-state index contributed by atoms with van der Waals surface area (Å²) in [6.07, 6.45) is 2.87. The highest BCUT2D eigenvalue weighted by Gasteiger charge is 2.37. The number of likely N-dealkylation sites (tertiary alicyclic amines) is 1. The van der Waals surface area contributed by atoms with E-state index in [1.807, 2.05) is 12.3 Å². The van der Waals surface area contributed by atoms with E-state index in [-0.39, 0.29) is 30.2 Å². The molecule has 6 heteroatoms. The van der Waals surface area contributed by atoms with E-state index in [9.17, 15) is 9.59 Å². The van der Waals surface area contributed by atoms with Gasteiger partial charge in [-0.15, -0.1) is 11.3 Å². The molecular formula is C13H19N3O2S. The number of aromatic nitrogens is 1. The van der Waals surface area contributed by atoms with E-state index < -0.39 is 0 Å². The molecule has 1 N–H and O–H groups in total. The molecule has 0 aliphatic carbocycles. The number of nitrogens with one attached hydrogen (secondary N) is 1. The van der Waals surface area contributed by atoms with Gasteiger partial charge < -0.3 is 5.32 Å². The van der Waals surface area contributed by atoms with Gasteiger partial charge in [0.15, 0.2) is 0 Å². The lowest BCUT2D eigenvalue weighted by Gasteiger charge is -2.16. The summed E-state index contributed by atoms with van der Waals surface area (Å²) in [5.41, 5.74) is 0. The molecule has 2 rings (SSSR count). The predicted molar refractivity (Wildman–Crippen MR) is 73.9 cm³/mol. The molecule has 1 saturated heterocycles. The molecule has 0 saturated carbocycles.